The zero-order valence-electron chi connectivity index (χ0n) is 17.6. The molecule has 0 bridgehead atoms. The van der Waals surface area contributed by atoms with Gasteiger partial charge in [0.05, 0.1) is 17.9 Å². The lowest BCUT2D eigenvalue weighted by molar-refractivity contribution is -0.117. The van der Waals surface area contributed by atoms with Crippen molar-refractivity contribution in [2.75, 3.05) is 31.6 Å². The number of carbonyl (C=O) groups excluding carboxylic acids is 1. The quantitative estimate of drug-likeness (QED) is 0.684. The van der Waals surface area contributed by atoms with Gasteiger partial charge in [-0.25, -0.2) is 4.68 Å². The fourth-order valence-electron chi connectivity index (χ4n) is 4.38. The van der Waals surface area contributed by atoms with Crippen LogP contribution in [0.15, 0.2) is 54.6 Å². The van der Waals surface area contributed by atoms with E-state index in [1.807, 2.05) is 49.4 Å². The van der Waals surface area contributed by atoms with Crippen LogP contribution < -0.4 is 14.8 Å². The number of amides is 1. The van der Waals surface area contributed by atoms with E-state index < -0.39 is 0 Å². The number of benzene rings is 2. The highest BCUT2D eigenvalue weighted by molar-refractivity contribution is 5.91. The molecule has 1 amide bonds. The highest BCUT2D eigenvalue weighted by Gasteiger charge is 2.29. The van der Waals surface area contributed by atoms with Gasteiger partial charge in [0.15, 0.2) is 11.5 Å². The fraction of sp³-hybridized carbons (Fsp3) is 0.333. The molecule has 0 saturated carbocycles. The van der Waals surface area contributed by atoms with Gasteiger partial charge in [0, 0.05) is 12.1 Å². The number of aromatic nitrogens is 2. The number of anilines is 1. The molecule has 31 heavy (non-hydrogen) atoms. The van der Waals surface area contributed by atoms with E-state index >= 15 is 0 Å². The Morgan fingerprint density at radius 3 is 2.74 bits per heavy atom. The van der Waals surface area contributed by atoms with Crippen molar-refractivity contribution >= 4 is 11.7 Å². The summed E-state index contributed by atoms with van der Waals surface area (Å²) >= 11 is 0. The molecule has 5 rings (SSSR count). The minimum absolute atomic E-state index is 0.0403. The number of hydrogen-bond acceptors (Lipinski definition) is 5. The van der Waals surface area contributed by atoms with E-state index in [2.05, 4.69) is 27.4 Å². The van der Waals surface area contributed by atoms with Gasteiger partial charge in [-0.05, 0) is 56.1 Å². The maximum atomic E-state index is 12.9. The van der Waals surface area contributed by atoms with E-state index in [9.17, 15) is 4.79 Å². The highest BCUT2D eigenvalue weighted by atomic mass is 16.6. The third kappa shape index (κ3) is 4.14. The SMILES string of the molecule is Cc1cc(NC(=O)CN2CCC[C@H]2c2ccc3c(c2)OCCO3)n(-c2ccccc2)n1. The average Bonchev–Trinajstić information content (AvgIpc) is 3.40. The fourth-order valence-corrected chi connectivity index (χ4v) is 4.38. The number of para-hydroxylation sites is 1. The molecule has 1 saturated heterocycles. The smallest absolute Gasteiger partial charge is 0.239 e. The van der Waals surface area contributed by atoms with E-state index in [1.54, 1.807) is 4.68 Å². The van der Waals surface area contributed by atoms with Crippen molar-refractivity contribution in [3.05, 3.63) is 65.9 Å². The van der Waals surface area contributed by atoms with Gasteiger partial charge in [-0.1, -0.05) is 24.3 Å². The molecule has 2 aliphatic rings. The first-order valence-corrected chi connectivity index (χ1v) is 10.7. The summed E-state index contributed by atoms with van der Waals surface area (Å²) in [6, 6.07) is 18.0. The van der Waals surface area contributed by atoms with Gasteiger partial charge in [0.2, 0.25) is 5.91 Å². The molecule has 0 aliphatic carbocycles. The summed E-state index contributed by atoms with van der Waals surface area (Å²) in [5, 5.41) is 7.59. The van der Waals surface area contributed by atoms with Gasteiger partial charge in [-0.15, -0.1) is 0 Å². The molecule has 7 nitrogen and oxygen atoms in total. The summed E-state index contributed by atoms with van der Waals surface area (Å²) in [4.78, 5) is 15.2. The zero-order chi connectivity index (χ0) is 21.2. The van der Waals surface area contributed by atoms with Crippen LogP contribution in [0.3, 0.4) is 0 Å². The first kappa shape index (κ1) is 19.6. The normalized spacial score (nSPS) is 18.2. The van der Waals surface area contributed by atoms with Crippen LogP contribution in [0.2, 0.25) is 0 Å². The topological polar surface area (TPSA) is 68.6 Å². The summed E-state index contributed by atoms with van der Waals surface area (Å²) in [7, 11) is 0. The van der Waals surface area contributed by atoms with Crippen LogP contribution in [-0.2, 0) is 4.79 Å². The van der Waals surface area contributed by atoms with Crippen molar-refractivity contribution in [2.45, 2.75) is 25.8 Å². The molecule has 1 fully saturated rings. The number of carbonyl (C=O) groups is 1. The largest absolute Gasteiger partial charge is 0.486 e. The van der Waals surface area contributed by atoms with Gasteiger partial charge in [0.25, 0.3) is 0 Å². The minimum Gasteiger partial charge on any atom is -0.486 e. The van der Waals surface area contributed by atoms with E-state index in [-0.39, 0.29) is 11.9 Å². The van der Waals surface area contributed by atoms with Gasteiger partial charge < -0.3 is 14.8 Å². The van der Waals surface area contributed by atoms with Crippen molar-refractivity contribution in [3.8, 4) is 17.2 Å². The molecule has 1 atom stereocenters. The zero-order valence-corrected chi connectivity index (χ0v) is 17.6. The van der Waals surface area contributed by atoms with E-state index in [0.717, 1.165) is 42.3 Å². The standard InChI is InChI=1S/C24H26N4O3/c1-17-14-23(28(26-17)19-6-3-2-4-7-19)25-24(29)16-27-11-5-8-20(27)18-9-10-21-22(15-18)31-13-12-30-21/h2-4,6-7,9-10,14-15,20H,5,8,11-13,16H2,1H3,(H,25,29)/t20-/m0/s1. The second kappa shape index (κ2) is 8.43. The molecule has 160 valence electrons. The van der Waals surface area contributed by atoms with Gasteiger partial charge >= 0.3 is 0 Å². The number of nitrogens with zero attached hydrogens (tertiary/aromatic N) is 3. The molecule has 0 spiro atoms. The summed E-state index contributed by atoms with van der Waals surface area (Å²) in [5.41, 5.74) is 2.94. The lowest BCUT2D eigenvalue weighted by Crippen LogP contribution is -2.33. The maximum absolute atomic E-state index is 12.9. The second-order valence-electron chi connectivity index (χ2n) is 8.00. The number of likely N-dealkylation sites (tertiary alicyclic amines) is 1. The Morgan fingerprint density at radius 1 is 1.10 bits per heavy atom. The number of fused-ring (bicyclic) bond motifs is 1. The molecule has 2 aliphatic heterocycles. The van der Waals surface area contributed by atoms with Crippen LogP contribution in [-0.4, -0.2) is 46.9 Å². The molecule has 7 heteroatoms. The number of rotatable bonds is 5. The minimum atomic E-state index is -0.0403. The Bertz CT molecular complexity index is 1080. The summed E-state index contributed by atoms with van der Waals surface area (Å²) < 4.78 is 13.2. The Morgan fingerprint density at radius 2 is 1.90 bits per heavy atom. The van der Waals surface area contributed by atoms with Crippen molar-refractivity contribution < 1.29 is 14.3 Å². The number of ether oxygens (including phenoxy) is 2. The molecule has 2 aromatic carbocycles. The van der Waals surface area contributed by atoms with Crippen LogP contribution >= 0.6 is 0 Å². The highest BCUT2D eigenvalue weighted by Crippen LogP contribution is 2.38. The second-order valence-corrected chi connectivity index (χ2v) is 8.00. The Kier molecular flexibility index (Phi) is 5.34. The molecule has 1 N–H and O–H groups in total. The molecule has 3 heterocycles. The van der Waals surface area contributed by atoms with E-state index in [0.29, 0.717) is 25.6 Å². The molecule has 3 aromatic rings. The van der Waals surface area contributed by atoms with Crippen LogP contribution in [0.1, 0.15) is 30.1 Å². The van der Waals surface area contributed by atoms with Gasteiger partial charge in [-0.2, -0.15) is 5.10 Å². The van der Waals surface area contributed by atoms with Gasteiger partial charge in [-0.3, -0.25) is 9.69 Å². The summed E-state index contributed by atoms with van der Waals surface area (Å²) in [5.74, 6) is 2.23. The lowest BCUT2D eigenvalue weighted by atomic mass is 10.0. The summed E-state index contributed by atoms with van der Waals surface area (Å²) in [6.07, 6.45) is 2.08. The maximum Gasteiger partial charge on any atom is 0.239 e. The molecule has 0 radical (unpaired) electrons. The van der Waals surface area contributed by atoms with Crippen LogP contribution in [0, 0.1) is 6.92 Å². The number of nitrogens with one attached hydrogen (secondary N) is 1. The first-order chi connectivity index (χ1) is 15.2. The first-order valence-electron chi connectivity index (χ1n) is 10.7. The molecular weight excluding hydrogens is 392 g/mol. The predicted octanol–water partition coefficient (Wildman–Crippen LogP) is 3.73. The van der Waals surface area contributed by atoms with Crippen molar-refractivity contribution in [1.29, 1.82) is 0 Å². The third-order valence-electron chi connectivity index (χ3n) is 5.76. The van der Waals surface area contributed by atoms with Crippen molar-refractivity contribution in [1.82, 2.24) is 14.7 Å². The molecule has 0 unspecified atom stereocenters. The van der Waals surface area contributed by atoms with E-state index in [4.69, 9.17) is 9.47 Å². The monoisotopic (exact) mass is 418 g/mol. The lowest BCUT2D eigenvalue weighted by Gasteiger charge is -2.26. The van der Waals surface area contributed by atoms with Crippen LogP contribution in [0.25, 0.3) is 5.69 Å². The molecular formula is C24H26N4O3. The van der Waals surface area contributed by atoms with Crippen LogP contribution in [0.4, 0.5) is 5.82 Å². The van der Waals surface area contributed by atoms with Crippen molar-refractivity contribution in [3.63, 3.8) is 0 Å². The third-order valence-corrected chi connectivity index (χ3v) is 5.76. The Balaban J connectivity index is 1.30. The number of aryl methyl sites for hydroxylation is 1. The summed E-state index contributed by atoms with van der Waals surface area (Å²) in [6.45, 7) is 4.30. The van der Waals surface area contributed by atoms with E-state index in [1.165, 1.54) is 5.56 Å². The Labute approximate surface area is 181 Å². The molecule has 1 aromatic heterocycles. The van der Waals surface area contributed by atoms with Gasteiger partial charge in [0.1, 0.15) is 19.0 Å². The number of hydrogen-bond donors (Lipinski definition) is 1. The van der Waals surface area contributed by atoms with Crippen molar-refractivity contribution in [2.24, 2.45) is 0 Å². The van der Waals surface area contributed by atoms with Crippen LogP contribution in [0.5, 0.6) is 11.5 Å². The Hall–Kier alpha value is -3.32. The predicted molar refractivity (Wildman–Crippen MR) is 118 cm³/mol. The average molecular weight is 418 g/mol.